The van der Waals surface area contributed by atoms with Crippen LogP contribution in [0.15, 0.2) is 24.3 Å². The summed E-state index contributed by atoms with van der Waals surface area (Å²) in [5.41, 5.74) is 0.425. The summed E-state index contributed by atoms with van der Waals surface area (Å²) in [4.78, 5) is 53.2. The summed E-state index contributed by atoms with van der Waals surface area (Å²) in [6.07, 6.45) is 7.11. The molecule has 1 aliphatic carbocycles. The first-order valence-electron chi connectivity index (χ1n) is 12.1. The zero-order valence-corrected chi connectivity index (χ0v) is 21.9. The topological polar surface area (TPSA) is 114 Å². The maximum absolute atomic E-state index is 14.0. The number of esters is 1. The smallest absolute Gasteiger partial charge is 0.408 e. The lowest BCUT2D eigenvalue weighted by atomic mass is 9.87. The number of methoxy groups -OCH3 is 1. The maximum Gasteiger partial charge on any atom is 0.408 e. The largest absolute Gasteiger partial charge is 0.468 e. The Kier molecular flexibility index (Phi) is 9.91. The average Bonchev–Trinajstić information content (AvgIpc) is 2.77. The number of alkyl carbamates (subject to hydrolysis) is 1. The Morgan fingerprint density at radius 1 is 1.14 bits per heavy atom. The van der Waals surface area contributed by atoms with Crippen LogP contribution in [0.25, 0.3) is 0 Å². The number of benzene rings is 1. The van der Waals surface area contributed by atoms with Gasteiger partial charge in [0.1, 0.15) is 24.2 Å². The Morgan fingerprint density at radius 3 is 2.19 bits per heavy atom. The molecule has 0 spiro atoms. The first-order chi connectivity index (χ1) is 16.9. The van der Waals surface area contributed by atoms with Crippen molar-refractivity contribution in [1.82, 2.24) is 15.5 Å². The Balaban J connectivity index is 2.47. The van der Waals surface area contributed by atoms with Crippen molar-refractivity contribution < 1.29 is 28.7 Å². The third kappa shape index (κ3) is 7.74. The van der Waals surface area contributed by atoms with E-state index in [1.54, 1.807) is 45.0 Å². The van der Waals surface area contributed by atoms with Gasteiger partial charge in [0.25, 0.3) is 0 Å². The van der Waals surface area contributed by atoms with Gasteiger partial charge in [0.15, 0.2) is 0 Å². The number of carbonyl (C=O) groups is 4. The van der Waals surface area contributed by atoms with Crippen molar-refractivity contribution in [2.75, 3.05) is 13.7 Å². The standard InChI is InChI=1S/C27H37N3O6/c1-8-18-12-14-19(15-13-18)23(24(32)28-16-21(31)35-7)30(20-10-9-11-20)25(33)22(17(2)3)29-26(34)36-27(4,5)6/h1,12-15,17,20,22-23H,9-11,16H2,2-7H3,(H,28,32)(H,29,34). The molecule has 0 aromatic heterocycles. The molecular formula is C27H37N3O6. The molecule has 9 nitrogen and oxygen atoms in total. The van der Waals surface area contributed by atoms with E-state index in [-0.39, 0.29) is 18.5 Å². The van der Waals surface area contributed by atoms with Crippen molar-refractivity contribution in [3.8, 4) is 12.3 Å². The number of terminal acetylenes is 1. The van der Waals surface area contributed by atoms with Gasteiger partial charge in [-0.3, -0.25) is 14.4 Å². The van der Waals surface area contributed by atoms with Gasteiger partial charge < -0.3 is 25.0 Å². The highest BCUT2D eigenvalue weighted by Gasteiger charge is 2.42. The highest BCUT2D eigenvalue weighted by Crippen LogP contribution is 2.34. The minimum atomic E-state index is -1.04. The summed E-state index contributed by atoms with van der Waals surface area (Å²) in [6, 6.07) is 4.60. The fourth-order valence-corrected chi connectivity index (χ4v) is 3.82. The zero-order chi connectivity index (χ0) is 27.0. The molecular weight excluding hydrogens is 462 g/mol. The van der Waals surface area contributed by atoms with Crippen LogP contribution in [0, 0.1) is 18.3 Å². The molecule has 2 rings (SSSR count). The predicted octanol–water partition coefficient (Wildman–Crippen LogP) is 2.93. The fraction of sp³-hybridized carbons (Fsp3) is 0.556. The molecule has 2 atom stereocenters. The van der Waals surface area contributed by atoms with Gasteiger partial charge in [-0.05, 0) is 63.6 Å². The van der Waals surface area contributed by atoms with Crippen LogP contribution in [0.2, 0.25) is 0 Å². The Morgan fingerprint density at radius 2 is 1.75 bits per heavy atom. The van der Waals surface area contributed by atoms with Gasteiger partial charge in [0.05, 0.1) is 7.11 Å². The number of carbonyl (C=O) groups excluding carboxylic acids is 4. The molecule has 1 aromatic carbocycles. The van der Waals surface area contributed by atoms with Gasteiger partial charge in [0.2, 0.25) is 11.8 Å². The van der Waals surface area contributed by atoms with Crippen LogP contribution in [-0.4, -0.2) is 60.1 Å². The lowest BCUT2D eigenvalue weighted by molar-refractivity contribution is -0.149. The molecule has 1 aromatic rings. The molecule has 0 aliphatic heterocycles. The number of nitrogens with zero attached hydrogens (tertiary/aromatic N) is 1. The maximum atomic E-state index is 14.0. The van der Waals surface area contributed by atoms with Crippen molar-refractivity contribution in [2.45, 2.75) is 77.6 Å². The molecule has 196 valence electrons. The summed E-state index contributed by atoms with van der Waals surface area (Å²) < 4.78 is 10.0. The van der Waals surface area contributed by atoms with Gasteiger partial charge in [0, 0.05) is 11.6 Å². The second kappa shape index (κ2) is 12.4. The molecule has 0 bridgehead atoms. The molecule has 2 N–H and O–H groups in total. The highest BCUT2D eigenvalue weighted by atomic mass is 16.6. The molecule has 2 unspecified atom stereocenters. The summed E-state index contributed by atoms with van der Waals surface area (Å²) in [7, 11) is 1.23. The lowest BCUT2D eigenvalue weighted by Crippen LogP contribution is -2.59. The van der Waals surface area contributed by atoms with Gasteiger partial charge >= 0.3 is 12.1 Å². The van der Waals surface area contributed by atoms with Gasteiger partial charge in [-0.25, -0.2) is 4.79 Å². The van der Waals surface area contributed by atoms with E-state index >= 15 is 0 Å². The highest BCUT2D eigenvalue weighted by molar-refractivity contribution is 5.93. The average molecular weight is 500 g/mol. The molecule has 3 amide bonds. The monoisotopic (exact) mass is 499 g/mol. The van der Waals surface area contributed by atoms with Crippen molar-refractivity contribution in [3.05, 3.63) is 35.4 Å². The summed E-state index contributed by atoms with van der Waals surface area (Å²) in [5, 5.41) is 5.27. The van der Waals surface area contributed by atoms with E-state index in [4.69, 9.17) is 11.2 Å². The second-order valence-electron chi connectivity index (χ2n) is 10.2. The second-order valence-corrected chi connectivity index (χ2v) is 10.2. The van der Waals surface area contributed by atoms with Crippen LogP contribution < -0.4 is 10.6 Å². The van der Waals surface area contributed by atoms with E-state index in [0.29, 0.717) is 24.0 Å². The number of hydrogen-bond donors (Lipinski definition) is 2. The number of ether oxygens (including phenoxy) is 2. The van der Waals surface area contributed by atoms with Crippen LogP contribution in [0.1, 0.15) is 71.0 Å². The minimum absolute atomic E-state index is 0.208. The number of amides is 3. The van der Waals surface area contributed by atoms with E-state index in [9.17, 15) is 19.2 Å². The van der Waals surface area contributed by atoms with Gasteiger partial charge in [-0.15, -0.1) is 6.42 Å². The molecule has 0 heterocycles. The normalized spacial score (nSPS) is 15.1. The number of nitrogens with one attached hydrogen (secondary N) is 2. The van der Waals surface area contributed by atoms with Crippen LogP contribution >= 0.6 is 0 Å². The lowest BCUT2D eigenvalue weighted by Gasteiger charge is -2.44. The molecule has 1 aliphatic rings. The van der Waals surface area contributed by atoms with Crippen LogP contribution in [0.3, 0.4) is 0 Å². The number of hydrogen-bond acceptors (Lipinski definition) is 6. The fourth-order valence-electron chi connectivity index (χ4n) is 3.82. The quantitative estimate of drug-likeness (QED) is 0.399. The Bertz CT molecular complexity index is 986. The zero-order valence-electron chi connectivity index (χ0n) is 21.9. The summed E-state index contributed by atoms with van der Waals surface area (Å²) in [5.74, 6) is 0.705. The summed E-state index contributed by atoms with van der Waals surface area (Å²) in [6.45, 7) is 8.49. The molecule has 9 heteroatoms. The van der Waals surface area contributed by atoms with E-state index in [1.807, 2.05) is 13.8 Å². The number of rotatable bonds is 9. The van der Waals surface area contributed by atoms with Gasteiger partial charge in [-0.2, -0.15) is 0 Å². The molecule has 1 saturated carbocycles. The SMILES string of the molecule is C#Cc1ccc(C(C(=O)NCC(=O)OC)N(C(=O)C(NC(=O)OC(C)(C)C)C(C)C)C2CCC2)cc1. The Hall–Kier alpha value is -3.54. The van der Waals surface area contributed by atoms with Crippen LogP contribution in [-0.2, 0) is 23.9 Å². The first-order valence-corrected chi connectivity index (χ1v) is 12.1. The van der Waals surface area contributed by atoms with E-state index < -0.39 is 41.6 Å². The van der Waals surface area contributed by atoms with Crippen molar-refractivity contribution in [2.24, 2.45) is 5.92 Å². The molecule has 0 radical (unpaired) electrons. The molecule has 36 heavy (non-hydrogen) atoms. The predicted molar refractivity (Wildman–Crippen MR) is 135 cm³/mol. The molecule has 1 fully saturated rings. The van der Waals surface area contributed by atoms with E-state index in [0.717, 1.165) is 6.42 Å². The van der Waals surface area contributed by atoms with Gasteiger partial charge in [-0.1, -0.05) is 31.9 Å². The van der Waals surface area contributed by atoms with Crippen molar-refractivity contribution >= 4 is 23.9 Å². The Labute approximate surface area is 213 Å². The van der Waals surface area contributed by atoms with Crippen LogP contribution in [0.5, 0.6) is 0 Å². The minimum Gasteiger partial charge on any atom is -0.468 e. The van der Waals surface area contributed by atoms with Crippen molar-refractivity contribution in [1.29, 1.82) is 0 Å². The summed E-state index contributed by atoms with van der Waals surface area (Å²) >= 11 is 0. The van der Waals surface area contributed by atoms with Crippen molar-refractivity contribution in [3.63, 3.8) is 0 Å². The third-order valence-electron chi connectivity index (χ3n) is 5.88. The van der Waals surface area contributed by atoms with E-state index in [2.05, 4.69) is 21.3 Å². The van der Waals surface area contributed by atoms with E-state index in [1.165, 1.54) is 12.0 Å². The van der Waals surface area contributed by atoms with Crippen LogP contribution in [0.4, 0.5) is 4.79 Å². The first kappa shape index (κ1) is 28.7. The molecule has 0 saturated heterocycles. The third-order valence-corrected chi connectivity index (χ3v) is 5.88.